The normalized spacial score (nSPS) is 13.8. The fourth-order valence-corrected chi connectivity index (χ4v) is 18.0. The van der Waals surface area contributed by atoms with Crippen LogP contribution in [0, 0.1) is 0 Å². The Morgan fingerprint density at radius 3 is 1.23 bits per heavy atom. The lowest BCUT2D eigenvalue weighted by Gasteiger charge is -2.33. The summed E-state index contributed by atoms with van der Waals surface area (Å²) in [5.41, 5.74) is 18.0. The van der Waals surface area contributed by atoms with Crippen molar-refractivity contribution in [2.45, 2.75) is 5.41 Å². The average Bonchev–Trinajstić information content (AvgIpc) is 4.12. The molecule has 0 N–H and O–H groups in total. The first-order valence-corrected chi connectivity index (χ1v) is 28.5. The van der Waals surface area contributed by atoms with Crippen molar-refractivity contribution in [1.82, 2.24) is 0 Å². The molecule has 330 valence electrons. The maximum Gasteiger partial charge on any atom is 0.0731 e. The highest BCUT2D eigenvalue weighted by atomic mass is 31.1. The minimum absolute atomic E-state index is 0.473. The molecule has 0 radical (unpaired) electrons. The lowest BCUT2D eigenvalue weighted by molar-refractivity contribution is 0.796. The molecule has 0 aliphatic heterocycles. The molecule has 16 rings (SSSR count). The van der Waals surface area contributed by atoms with Crippen LogP contribution in [0.5, 0.6) is 0 Å². The molecule has 2 unspecified atom stereocenters. The Balaban J connectivity index is 1.13. The van der Waals surface area contributed by atoms with Gasteiger partial charge in [0.1, 0.15) is 0 Å². The minimum atomic E-state index is -0.549. The van der Waals surface area contributed by atoms with Crippen molar-refractivity contribution >= 4 is 89.4 Å². The van der Waals surface area contributed by atoms with Crippen molar-refractivity contribution in [2.75, 3.05) is 0 Å². The Hall–Kier alpha value is -7.98. The zero-order chi connectivity index (χ0) is 46.7. The van der Waals surface area contributed by atoms with E-state index in [1.54, 1.807) is 0 Å². The molecule has 71 heavy (non-hydrogen) atoms. The maximum absolute atomic E-state index is 2.58. The summed E-state index contributed by atoms with van der Waals surface area (Å²) in [6.07, 6.45) is 0. The Morgan fingerprint density at radius 2 is 0.662 bits per heavy atom. The maximum atomic E-state index is 2.58. The summed E-state index contributed by atoms with van der Waals surface area (Å²) in [6, 6.07) is 89.0. The van der Waals surface area contributed by atoms with Crippen molar-refractivity contribution in [3.05, 3.63) is 253 Å². The fraction of sp³-hybridized carbons (Fsp3) is 0.0435. The van der Waals surface area contributed by atoms with Crippen molar-refractivity contribution in [1.29, 1.82) is 0 Å². The highest BCUT2D eigenvalue weighted by Crippen LogP contribution is 2.66. The second kappa shape index (κ2) is 14.5. The van der Waals surface area contributed by atoms with Crippen molar-refractivity contribution in [3.8, 4) is 55.6 Å². The van der Waals surface area contributed by atoms with Crippen LogP contribution in [0.15, 0.2) is 231 Å². The molecular weight excluding hydrogens is 891 g/mol. The van der Waals surface area contributed by atoms with Gasteiger partial charge in [0.25, 0.3) is 0 Å². The zero-order valence-electron chi connectivity index (χ0n) is 39.3. The van der Waals surface area contributed by atoms with Gasteiger partial charge in [-0.1, -0.05) is 218 Å². The van der Waals surface area contributed by atoms with E-state index >= 15 is 0 Å². The van der Waals surface area contributed by atoms with Gasteiger partial charge in [-0.25, -0.2) is 0 Å². The van der Waals surface area contributed by atoms with Gasteiger partial charge in [-0.3, -0.25) is 0 Å². The van der Waals surface area contributed by atoms with Gasteiger partial charge in [0.05, 0.1) is 5.41 Å². The van der Waals surface area contributed by atoms with Gasteiger partial charge in [0.15, 0.2) is 0 Å². The molecule has 14 aromatic rings. The van der Waals surface area contributed by atoms with Crippen molar-refractivity contribution in [3.63, 3.8) is 0 Å². The second-order valence-electron chi connectivity index (χ2n) is 19.9. The minimum Gasteiger partial charge on any atom is -0.112 e. The summed E-state index contributed by atoms with van der Waals surface area (Å²) < 4.78 is 0. The molecule has 2 aliphatic carbocycles. The second-order valence-corrected chi connectivity index (χ2v) is 24.0. The molecule has 0 nitrogen and oxygen atoms in total. The molecule has 0 amide bonds. The molecule has 1 spiro atoms. The summed E-state index contributed by atoms with van der Waals surface area (Å²) in [7, 11) is -0.947. The summed E-state index contributed by atoms with van der Waals surface area (Å²) in [5.74, 6) is 0. The Labute approximate surface area is 414 Å². The van der Waals surface area contributed by atoms with Gasteiger partial charge in [-0.05, 0) is 146 Å². The molecule has 0 saturated heterocycles. The molecule has 2 atom stereocenters. The first kappa shape index (κ1) is 39.8. The van der Waals surface area contributed by atoms with Crippen LogP contribution in [0.3, 0.4) is 0 Å². The van der Waals surface area contributed by atoms with E-state index in [-0.39, 0.29) is 0 Å². The van der Waals surface area contributed by atoms with Crippen LogP contribution in [0.1, 0.15) is 22.3 Å². The Morgan fingerprint density at radius 1 is 0.268 bits per heavy atom. The zero-order valence-corrected chi connectivity index (χ0v) is 41.1. The third-order valence-electron chi connectivity index (χ3n) is 16.7. The SMILES string of the molecule is Cp1c2ccccc2c2c(-c3cccc4c(-c5cc6ccccc6c6c5C5(c7ccccc7-c7ccccc75)c5ccccc5-6)c5cccc(-c6cccc7c6c6ccccc6p7C)c5cc34)cccc21. The molecule has 2 heterocycles. The van der Waals surface area contributed by atoms with Gasteiger partial charge in [0.2, 0.25) is 0 Å². The largest absolute Gasteiger partial charge is 0.112 e. The molecule has 0 bridgehead atoms. The van der Waals surface area contributed by atoms with Crippen molar-refractivity contribution < 1.29 is 0 Å². The first-order valence-electron chi connectivity index (χ1n) is 24.9. The topological polar surface area (TPSA) is 0 Å². The highest BCUT2D eigenvalue weighted by molar-refractivity contribution is 7.60. The van der Waals surface area contributed by atoms with Crippen LogP contribution in [0.25, 0.3) is 130 Å². The molecule has 2 aromatic heterocycles. The van der Waals surface area contributed by atoms with Gasteiger partial charge in [0, 0.05) is 31.2 Å². The molecule has 0 fully saturated rings. The van der Waals surface area contributed by atoms with E-state index in [9.17, 15) is 0 Å². The quantitative estimate of drug-likeness (QED) is 0.155. The number of benzene rings is 12. The number of hydrogen-bond acceptors (Lipinski definition) is 0. The predicted octanol–water partition coefficient (Wildman–Crippen LogP) is 20.2. The van der Waals surface area contributed by atoms with Crippen LogP contribution in [0.2, 0.25) is 0 Å². The van der Waals surface area contributed by atoms with E-state index in [0.29, 0.717) is 0 Å². The van der Waals surface area contributed by atoms with E-state index in [1.807, 2.05) is 0 Å². The fourth-order valence-electron chi connectivity index (χ4n) is 14.0. The number of fused-ring (bicyclic) bond motifs is 20. The summed E-state index contributed by atoms with van der Waals surface area (Å²) in [4.78, 5) is 0. The van der Waals surface area contributed by atoms with Gasteiger partial charge < -0.3 is 0 Å². The van der Waals surface area contributed by atoms with Gasteiger partial charge >= 0.3 is 0 Å². The van der Waals surface area contributed by atoms with Crippen LogP contribution in [-0.4, -0.2) is 0 Å². The lowest BCUT2D eigenvalue weighted by atomic mass is 9.68. The monoisotopic (exact) mass is 934 g/mol. The third kappa shape index (κ3) is 5.07. The van der Waals surface area contributed by atoms with E-state index < -0.39 is 20.5 Å². The summed E-state index contributed by atoms with van der Waals surface area (Å²) >= 11 is 0. The number of aryl methyl sites for hydroxylation is 2. The summed E-state index contributed by atoms with van der Waals surface area (Å²) in [5, 5.41) is 19.1. The van der Waals surface area contributed by atoms with Crippen LogP contribution in [0.4, 0.5) is 0 Å². The molecule has 0 saturated carbocycles. The van der Waals surface area contributed by atoms with E-state index in [4.69, 9.17) is 0 Å². The van der Waals surface area contributed by atoms with Crippen LogP contribution in [-0.2, 0) is 18.7 Å². The third-order valence-corrected chi connectivity index (χ3v) is 21.2. The van der Waals surface area contributed by atoms with Crippen molar-refractivity contribution in [2.24, 2.45) is 13.3 Å². The number of rotatable bonds is 3. The first-order chi connectivity index (χ1) is 35.1. The average molecular weight is 935 g/mol. The van der Waals surface area contributed by atoms with E-state index in [1.165, 1.54) is 152 Å². The molecule has 12 aromatic carbocycles. The Kier molecular flexibility index (Phi) is 8.16. The van der Waals surface area contributed by atoms with Gasteiger partial charge in [-0.15, -0.1) is 15.1 Å². The lowest BCUT2D eigenvalue weighted by Crippen LogP contribution is -2.26. The molecule has 2 heteroatoms. The Bertz CT molecular complexity index is 4450. The van der Waals surface area contributed by atoms with E-state index in [2.05, 4.69) is 244 Å². The van der Waals surface area contributed by atoms with Crippen LogP contribution < -0.4 is 0 Å². The smallest absolute Gasteiger partial charge is 0.0731 e. The predicted molar refractivity (Wildman–Crippen MR) is 309 cm³/mol. The molecule has 2 aliphatic rings. The van der Waals surface area contributed by atoms with Gasteiger partial charge in [-0.2, -0.15) is 0 Å². The number of hydrogen-bond donors (Lipinski definition) is 0. The standard InChI is InChI=1S/C69H44P2/c1-70-60-35-13-8-24-52(60)65-47(30-17-37-62(65)70)43-26-15-28-49-54(43)40-55-44(48-31-18-38-63-66(48)53-25-9-14-36-61(53)71(63)2)27-16-29-50(55)64(49)56-39-41-19-3-4-20-42(41)67-51-23-7-12-34-59(51)69(68(56)67)57-32-10-5-21-45(57)46-22-6-11-33-58(46)69/h3-40H,1-2H3. The van der Waals surface area contributed by atoms with Crippen LogP contribution >= 0.6 is 15.1 Å². The summed E-state index contributed by atoms with van der Waals surface area (Å²) in [6.45, 7) is 4.88. The van der Waals surface area contributed by atoms with E-state index in [0.717, 1.165) is 0 Å². The highest BCUT2D eigenvalue weighted by Gasteiger charge is 2.53. The molecular formula is C69H44P2.